The van der Waals surface area contributed by atoms with Gasteiger partial charge >= 0.3 is 6.09 Å². The van der Waals surface area contributed by atoms with Crippen LogP contribution in [0.25, 0.3) is 10.9 Å². The number of benzene rings is 2. The van der Waals surface area contributed by atoms with Crippen molar-refractivity contribution in [3.05, 3.63) is 48.2 Å². The Morgan fingerprint density at radius 1 is 1.00 bits per heavy atom. The van der Waals surface area contributed by atoms with E-state index in [1.807, 2.05) is 42.1 Å². The first-order valence-electron chi connectivity index (χ1n) is 11.2. The molecule has 35 heavy (non-hydrogen) atoms. The van der Waals surface area contributed by atoms with Crippen LogP contribution in [0.2, 0.25) is 0 Å². The summed E-state index contributed by atoms with van der Waals surface area (Å²) in [5.41, 5.74) is 1.67. The van der Waals surface area contributed by atoms with Gasteiger partial charge in [-0.15, -0.1) is 0 Å². The van der Waals surface area contributed by atoms with Gasteiger partial charge in [-0.3, -0.25) is 4.79 Å². The number of alkyl carbamates (subject to hydrolysis) is 1. The average molecular weight is 484 g/mol. The van der Waals surface area contributed by atoms with Gasteiger partial charge in [-0.05, 0) is 32.4 Å². The highest BCUT2D eigenvalue weighted by Crippen LogP contribution is 2.40. The van der Waals surface area contributed by atoms with Crippen molar-refractivity contribution < 1.29 is 28.5 Å². The first kappa shape index (κ1) is 25.7. The van der Waals surface area contributed by atoms with Gasteiger partial charge in [-0.25, -0.2) is 4.79 Å². The number of aryl methyl sites for hydroxylation is 1. The molecule has 2 N–H and O–H groups in total. The van der Waals surface area contributed by atoms with E-state index >= 15 is 0 Å². The van der Waals surface area contributed by atoms with E-state index in [1.165, 1.54) is 21.3 Å². The molecule has 2 amide bonds. The van der Waals surface area contributed by atoms with E-state index in [-0.39, 0.29) is 6.42 Å². The molecule has 0 saturated heterocycles. The van der Waals surface area contributed by atoms with E-state index in [1.54, 1.807) is 32.9 Å². The molecule has 3 rings (SSSR count). The van der Waals surface area contributed by atoms with Gasteiger partial charge in [0, 0.05) is 48.4 Å². The minimum atomic E-state index is -0.908. The number of rotatable bonds is 8. The lowest BCUT2D eigenvalue weighted by atomic mass is 10.0. The number of hydrogen-bond acceptors (Lipinski definition) is 6. The van der Waals surface area contributed by atoms with Gasteiger partial charge in [0.15, 0.2) is 11.5 Å². The van der Waals surface area contributed by atoms with Crippen molar-refractivity contribution in [1.29, 1.82) is 0 Å². The summed E-state index contributed by atoms with van der Waals surface area (Å²) in [6.45, 7) is 5.30. The van der Waals surface area contributed by atoms with Crippen molar-refractivity contribution in [2.24, 2.45) is 7.05 Å². The molecule has 3 aromatic rings. The fraction of sp³-hybridized carbons (Fsp3) is 0.385. The van der Waals surface area contributed by atoms with Crippen LogP contribution in [0.1, 0.15) is 26.3 Å². The van der Waals surface area contributed by atoms with Crippen molar-refractivity contribution in [3.8, 4) is 17.2 Å². The zero-order chi connectivity index (χ0) is 25.8. The van der Waals surface area contributed by atoms with Crippen LogP contribution in [0.3, 0.4) is 0 Å². The third-order valence-corrected chi connectivity index (χ3v) is 5.34. The lowest BCUT2D eigenvalue weighted by Crippen LogP contribution is -2.47. The standard InChI is InChI=1S/C26H33N3O6/c1-26(2,3)35-25(31)28-19(12-16-15-29(4)20-11-9-8-10-18(16)20)24(30)27-17-13-21(32-5)23(34-7)22(14-17)33-6/h8-11,13-15,19H,12H2,1-7H3,(H,27,30)(H,28,31)/t19-/m1/s1. The average Bonchev–Trinajstić information content (AvgIpc) is 3.12. The fourth-order valence-corrected chi connectivity index (χ4v) is 3.85. The van der Waals surface area contributed by atoms with Crippen LogP contribution >= 0.6 is 0 Å². The largest absolute Gasteiger partial charge is 0.493 e. The number of hydrogen-bond donors (Lipinski definition) is 2. The number of anilines is 1. The van der Waals surface area contributed by atoms with Gasteiger partial charge in [-0.1, -0.05) is 18.2 Å². The molecule has 0 aliphatic rings. The van der Waals surface area contributed by atoms with Crippen molar-refractivity contribution in [2.45, 2.75) is 38.8 Å². The van der Waals surface area contributed by atoms with Gasteiger partial charge < -0.3 is 34.1 Å². The van der Waals surface area contributed by atoms with E-state index in [4.69, 9.17) is 18.9 Å². The monoisotopic (exact) mass is 483 g/mol. The van der Waals surface area contributed by atoms with Gasteiger partial charge in [0.25, 0.3) is 0 Å². The number of methoxy groups -OCH3 is 3. The fourth-order valence-electron chi connectivity index (χ4n) is 3.85. The molecule has 9 heteroatoms. The molecule has 188 valence electrons. The van der Waals surface area contributed by atoms with E-state index < -0.39 is 23.6 Å². The lowest BCUT2D eigenvalue weighted by Gasteiger charge is -2.23. The Balaban J connectivity index is 1.92. The molecule has 1 heterocycles. The van der Waals surface area contributed by atoms with Crippen LogP contribution in [0.15, 0.2) is 42.6 Å². The molecular weight excluding hydrogens is 450 g/mol. The molecule has 0 aliphatic heterocycles. The molecule has 0 unspecified atom stereocenters. The summed E-state index contributed by atoms with van der Waals surface area (Å²) in [5.74, 6) is 0.783. The highest BCUT2D eigenvalue weighted by molar-refractivity contribution is 5.98. The van der Waals surface area contributed by atoms with E-state index in [2.05, 4.69) is 10.6 Å². The van der Waals surface area contributed by atoms with Crippen LogP contribution in [0, 0.1) is 0 Å². The van der Waals surface area contributed by atoms with Crippen molar-refractivity contribution in [3.63, 3.8) is 0 Å². The van der Waals surface area contributed by atoms with Gasteiger partial charge in [-0.2, -0.15) is 0 Å². The Morgan fingerprint density at radius 3 is 2.20 bits per heavy atom. The van der Waals surface area contributed by atoms with Gasteiger partial charge in [0.1, 0.15) is 11.6 Å². The highest BCUT2D eigenvalue weighted by atomic mass is 16.6. The Hall–Kier alpha value is -3.88. The molecular formula is C26H33N3O6. The van der Waals surface area contributed by atoms with Crippen LogP contribution < -0.4 is 24.8 Å². The molecule has 1 atom stereocenters. The zero-order valence-corrected chi connectivity index (χ0v) is 21.2. The number of nitrogens with zero attached hydrogens (tertiary/aromatic N) is 1. The van der Waals surface area contributed by atoms with E-state index in [0.29, 0.717) is 22.9 Å². The summed E-state index contributed by atoms with van der Waals surface area (Å²) in [6, 6.07) is 10.2. The molecule has 9 nitrogen and oxygen atoms in total. The molecule has 1 aromatic heterocycles. The number of para-hydroxylation sites is 1. The van der Waals surface area contributed by atoms with Crippen molar-refractivity contribution >= 4 is 28.6 Å². The Labute approximate surface area is 205 Å². The maximum absolute atomic E-state index is 13.4. The maximum atomic E-state index is 13.4. The summed E-state index contributed by atoms with van der Waals surface area (Å²) >= 11 is 0. The molecule has 0 aliphatic carbocycles. The van der Waals surface area contributed by atoms with Crippen molar-refractivity contribution in [1.82, 2.24) is 9.88 Å². The highest BCUT2D eigenvalue weighted by Gasteiger charge is 2.27. The van der Waals surface area contributed by atoms with Crippen molar-refractivity contribution in [2.75, 3.05) is 26.6 Å². The number of carbonyl (C=O) groups is 2. The zero-order valence-electron chi connectivity index (χ0n) is 21.2. The molecule has 0 fully saturated rings. The smallest absolute Gasteiger partial charge is 0.408 e. The third kappa shape index (κ3) is 6.17. The number of nitrogens with one attached hydrogen (secondary N) is 2. The van der Waals surface area contributed by atoms with Crippen LogP contribution in [-0.4, -0.2) is 49.5 Å². The van der Waals surface area contributed by atoms with E-state index in [9.17, 15) is 9.59 Å². The quantitative estimate of drug-likeness (QED) is 0.496. The molecule has 0 spiro atoms. The van der Waals surface area contributed by atoms with Crippen LogP contribution in [0.5, 0.6) is 17.2 Å². The first-order valence-corrected chi connectivity index (χ1v) is 11.2. The van der Waals surface area contributed by atoms with Gasteiger partial charge in [0.2, 0.25) is 11.7 Å². The summed E-state index contributed by atoms with van der Waals surface area (Å²) in [5, 5.41) is 6.59. The SMILES string of the molecule is COc1cc(NC(=O)[C@@H](Cc2cn(C)c3ccccc23)NC(=O)OC(C)(C)C)cc(OC)c1OC. The maximum Gasteiger partial charge on any atom is 0.408 e. The second kappa shape index (κ2) is 10.6. The Bertz CT molecular complexity index is 1190. The van der Waals surface area contributed by atoms with E-state index in [0.717, 1.165) is 16.5 Å². The normalized spacial score (nSPS) is 12.1. The molecule has 2 aromatic carbocycles. The summed E-state index contributed by atoms with van der Waals surface area (Å²) in [6.07, 6.45) is 1.54. The molecule has 0 bridgehead atoms. The minimum absolute atomic E-state index is 0.261. The predicted molar refractivity (Wildman–Crippen MR) is 135 cm³/mol. The topological polar surface area (TPSA) is 100 Å². The second-order valence-corrected chi connectivity index (χ2v) is 9.09. The number of carbonyl (C=O) groups excluding carboxylic acids is 2. The lowest BCUT2D eigenvalue weighted by molar-refractivity contribution is -0.118. The van der Waals surface area contributed by atoms with Crippen LogP contribution in [-0.2, 0) is 23.0 Å². The number of aromatic nitrogens is 1. The summed E-state index contributed by atoms with van der Waals surface area (Å²) in [7, 11) is 6.44. The predicted octanol–water partition coefficient (Wildman–Crippen LogP) is 4.28. The third-order valence-electron chi connectivity index (χ3n) is 5.34. The number of ether oxygens (including phenoxy) is 4. The second-order valence-electron chi connectivity index (χ2n) is 9.09. The molecule has 0 saturated carbocycles. The Kier molecular flexibility index (Phi) is 7.78. The van der Waals surface area contributed by atoms with Gasteiger partial charge in [0.05, 0.1) is 21.3 Å². The molecule has 0 radical (unpaired) electrons. The number of fused-ring (bicyclic) bond motifs is 1. The Morgan fingerprint density at radius 2 is 1.63 bits per heavy atom. The summed E-state index contributed by atoms with van der Waals surface area (Å²) < 4.78 is 23.5. The minimum Gasteiger partial charge on any atom is -0.493 e. The first-order chi connectivity index (χ1) is 16.6. The van der Waals surface area contributed by atoms with Crippen LogP contribution in [0.4, 0.5) is 10.5 Å². The summed E-state index contributed by atoms with van der Waals surface area (Å²) in [4.78, 5) is 26.0. The number of amides is 2.